The molecule has 1 fully saturated rings. The Morgan fingerprint density at radius 1 is 1.21 bits per heavy atom. The first-order chi connectivity index (χ1) is 12.8. The number of carbonyl (C=O) groups excluding carboxylic acids is 1. The van der Waals surface area contributed by atoms with Crippen molar-refractivity contribution in [3.63, 3.8) is 0 Å². The number of carbonyl (C=O) groups is 1. The van der Waals surface area contributed by atoms with E-state index in [0.29, 0.717) is 0 Å². The molecule has 2 rings (SSSR count). The molecular formula is C21H31BBrNO4. The molecule has 154 valence electrons. The van der Waals surface area contributed by atoms with Crippen LogP contribution in [0.3, 0.4) is 0 Å². The summed E-state index contributed by atoms with van der Waals surface area (Å²) in [6, 6.07) is 8.17. The van der Waals surface area contributed by atoms with E-state index in [-0.39, 0.29) is 6.54 Å². The zero-order valence-corrected chi connectivity index (χ0v) is 19.5. The zero-order valence-electron chi connectivity index (χ0n) is 17.9. The highest BCUT2D eigenvalue weighted by atomic mass is 79.9. The molecule has 5 nitrogen and oxygen atoms in total. The highest BCUT2D eigenvalue weighted by molar-refractivity contribution is 9.08. The van der Waals surface area contributed by atoms with Gasteiger partial charge in [-0.2, -0.15) is 0 Å². The second-order valence-corrected chi connectivity index (χ2v) is 9.60. The highest BCUT2D eigenvalue weighted by Crippen LogP contribution is 2.38. The van der Waals surface area contributed by atoms with Gasteiger partial charge in [-0.1, -0.05) is 46.3 Å². The van der Waals surface area contributed by atoms with Gasteiger partial charge < -0.3 is 19.4 Å². The van der Waals surface area contributed by atoms with Gasteiger partial charge in [0.2, 0.25) is 0 Å². The Bertz CT molecular complexity index is 724. The van der Waals surface area contributed by atoms with Gasteiger partial charge in [-0.05, 0) is 65.1 Å². The lowest BCUT2D eigenvalue weighted by molar-refractivity contribution is 0.00578. The Labute approximate surface area is 177 Å². The van der Waals surface area contributed by atoms with Crippen LogP contribution in [-0.4, -0.2) is 36.6 Å². The first kappa shape index (κ1) is 23.0. The fourth-order valence-electron chi connectivity index (χ4n) is 2.67. The van der Waals surface area contributed by atoms with E-state index < -0.39 is 30.0 Å². The fraction of sp³-hybridized carbons (Fsp3) is 0.571. The van der Waals surface area contributed by atoms with Gasteiger partial charge in [-0.25, -0.2) is 4.79 Å². The molecular weight excluding hydrogens is 421 g/mol. The lowest BCUT2D eigenvalue weighted by Crippen LogP contribution is -2.41. The van der Waals surface area contributed by atoms with Crippen molar-refractivity contribution in [2.45, 2.75) is 70.6 Å². The number of amides is 1. The largest absolute Gasteiger partial charge is 0.492 e. The van der Waals surface area contributed by atoms with E-state index in [2.05, 4.69) is 33.4 Å². The van der Waals surface area contributed by atoms with Crippen molar-refractivity contribution in [1.29, 1.82) is 0 Å². The van der Waals surface area contributed by atoms with E-state index in [9.17, 15) is 4.79 Å². The highest BCUT2D eigenvalue weighted by Gasteiger charge is 2.52. The van der Waals surface area contributed by atoms with Gasteiger partial charge in [-0.3, -0.25) is 0 Å². The SMILES string of the molecule is CC(C)(C)OC(=O)NCC(=Cc1cccc(CBr)c1)B1OC(C)(C)C(C)(C)O1. The molecule has 0 saturated carbocycles. The second-order valence-electron chi connectivity index (χ2n) is 9.04. The van der Waals surface area contributed by atoms with Crippen molar-refractivity contribution in [3.8, 4) is 0 Å². The second kappa shape index (κ2) is 8.60. The van der Waals surface area contributed by atoms with Crippen LogP contribution in [0, 0.1) is 0 Å². The molecule has 0 unspecified atom stereocenters. The molecule has 1 heterocycles. The molecule has 1 aliphatic heterocycles. The summed E-state index contributed by atoms with van der Waals surface area (Å²) in [7, 11) is -0.549. The van der Waals surface area contributed by atoms with E-state index in [4.69, 9.17) is 14.0 Å². The van der Waals surface area contributed by atoms with Gasteiger partial charge in [0.1, 0.15) is 5.60 Å². The summed E-state index contributed by atoms with van der Waals surface area (Å²) >= 11 is 3.49. The first-order valence-corrected chi connectivity index (χ1v) is 10.6. The van der Waals surface area contributed by atoms with Crippen LogP contribution in [0.15, 0.2) is 29.7 Å². The number of rotatable bonds is 5. The summed E-state index contributed by atoms with van der Waals surface area (Å²) in [6.45, 7) is 13.8. The lowest BCUT2D eigenvalue weighted by atomic mass is 9.77. The molecule has 0 aliphatic carbocycles. The lowest BCUT2D eigenvalue weighted by Gasteiger charge is -2.32. The first-order valence-electron chi connectivity index (χ1n) is 9.51. The quantitative estimate of drug-likeness (QED) is 0.498. The van der Waals surface area contributed by atoms with Crippen molar-refractivity contribution in [2.75, 3.05) is 6.54 Å². The number of hydrogen-bond donors (Lipinski definition) is 1. The van der Waals surface area contributed by atoms with E-state index >= 15 is 0 Å². The summed E-state index contributed by atoms with van der Waals surface area (Å²) in [5.41, 5.74) is 1.55. The van der Waals surface area contributed by atoms with Gasteiger partial charge >= 0.3 is 13.2 Å². The Balaban J connectivity index is 2.26. The molecule has 0 atom stereocenters. The molecule has 28 heavy (non-hydrogen) atoms. The molecule has 0 spiro atoms. The predicted molar refractivity (Wildman–Crippen MR) is 117 cm³/mol. The Kier molecular flexibility index (Phi) is 7.05. The monoisotopic (exact) mass is 451 g/mol. The van der Waals surface area contributed by atoms with Crippen molar-refractivity contribution in [2.24, 2.45) is 0 Å². The Morgan fingerprint density at radius 3 is 2.36 bits per heavy atom. The Hall–Kier alpha value is -1.31. The van der Waals surface area contributed by atoms with Gasteiger partial charge in [0.05, 0.1) is 11.2 Å². The molecule has 1 aromatic carbocycles. The Morgan fingerprint density at radius 2 is 1.82 bits per heavy atom. The van der Waals surface area contributed by atoms with Crippen LogP contribution < -0.4 is 5.32 Å². The summed E-state index contributed by atoms with van der Waals surface area (Å²) in [6.07, 6.45) is 1.54. The number of benzene rings is 1. The average Bonchev–Trinajstić information content (AvgIpc) is 2.77. The van der Waals surface area contributed by atoms with Crippen LogP contribution >= 0.6 is 15.9 Å². The van der Waals surface area contributed by atoms with Crippen LogP contribution in [-0.2, 0) is 19.4 Å². The van der Waals surface area contributed by atoms with Crippen LogP contribution in [0.4, 0.5) is 4.79 Å². The average molecular weight is 452 g/mol. The van der Waals surface area contributed by atoms with Gasteiger partial charge in [0.15, 0.2) is 0 Å². The number of alkyl carbamates (subject to hydrolysis) is 1. The fourth-order valence-corrected chi connectivity index (χ4v) is 3.01. The normalized spacial score (nSPS) is 18.9. The molecule has 1 amide bonds. The number of halogens is 1. The van der Waals surface area contributed by atoms with E-state index in [1.165, 1.54) is 5.56 Å². The van der Waals surface area contributed by atoms with Crippen LogP contribution in [0.5, 0.6) is 0 Å². The molecule has 1 aromatic rings. The summed E-state index contributed by atoms with van der Waals surface area (Å²) in [4.78, 5) is 12.1. The maximum absolute atomic E-state index is 12.1. The third-order valence-electron chi connectivity index (χ3n) is 4.85. The molecule has 0 radical (unpaired) electrons. The van der Waals surface area contributed by atoms with E-state index in [1.807, 2.05) is 66.7 Å². The van der Waals surface area contributed by atoms with Crippen LogP contribution in [0.1, 0.15) is 59.6 Å². The smallest absolute Gasteiger partial charge is 0.444 e. The van der Waals surface area contributed by atoms with Crippen molar-refractivity contribution >= 4 is 35.2 Å². The van der Waals surface area contributed by atoms with Crippen molar-refractivity contribution < 1.29 is 18.8 Å². The van der Waals surface area contributed by atoms with Gasteiger partial charge in [-0.15, -0.1) is 0 Å². The topological polar surface area (TPSA) is 56.8 Å². The van der Waals surface area contributed by atoms with E-state index in [1.54, 1.807) is 0 Å². The number of nitrogens with one attached hydrogen (secondary N) is 1. The standard InChI is InChI=1S/C21H31BBrNO4/c1-19(2,3)26-18(25)24-14-17(12-15-9-8-10-16(11-15)13-23)22-27-20(4,5)21(6,7)28-22/h8-12H,13-14H2,1-7H3,(H,24,25). The van der Waals surface area contributed by atoms with Crippen molar-refractivity contribution in [3.05, 3.63) is 40.9 Å². The predicted octanol–water partition coefficient (Wildman–Crippen LogP) is 5.12. The molecule has 7 heteroatoms. The number of ether oxygens (including phenoxy) is 1. The van der Waals surface area contributed by atoms with Crippen LogP contribution in [0.25, 0.3) is 6.08 Å². The molecule has 0 aromatic heterocycles. The summed E-state index contributed by atoms with van der Waals surface area (Å²) in [5, 5.41) is 3.60. The molecule has 1 saturated heterocycles. The number of hydrogen-bond acceptors (Lipinski definition) is 4. The third-order valence-corrected chi connectivity index (χ3v) is 5.50. The van der Waals surface area contributed by atoms with Gasteiger partial charge in [0, 0.05) is 11.9 Å². The van der Waals surface area contributed by atoms with Crippen molar-refractivity contribution in [1.82, 2.24) is 5.32 Å². The third kappa shape index (κ3) is 6.10. The maximum Gasteiger partial charge on any atom is 0.492 e. The minimum atomic E-state index is -0.553. The van der Waals surface area contributed by atoms with Gasteiger partial charge in [0.25, 0.3) is 0 Å². The molecule has 1 aliphatic rings. The molecule has 1 N–H and O–H groups in total. The zero-order chi connectivity index (χ0) is 21.2. The summed E-state index contributed by atoms with van der Waals surface area (Å²) < 4.78 is 17.7. The minimum Gasteiger partial charge on any atom is -0.444 e. The van der Waals surface area contributed by atoms with E-state index in [0.717, 1.165) is 16.4 Å². The number of alkyl halides is 1. The summed E-state index contributed by atoms with van der Waals surface area (Å²) in [5.74, 6) is 0. The minimum absolute atomic E-state index is 0.268. The van der Waals surface area contributed by atoms with Crippen LogP contribution in [0.2, 0.25) is 0 Å². The molecule has 0 bridgehead atoms. The maximum atomic E-state index is 12.1.